The summed E-state index contributed by atoms with van der Waals surface area (Å²) >= 11 is 1.81. The molecule has 0 fully saturated rings. The van der Waals surface area contributed by atoms with E-state index in [1.807, 2.05) is 32.4 Å². The molecule has 0 atom stereocenters. The number of hydrogen-bond acceptors (Lipinski definition) is 2. The summed E-state index contributed by atoms with van der Waals surface area (Å²) in [7, 11) is 3.75. The molecule has 1 aromatic heterocycles. The van der Waals surface area contributed by atoms with Crippen molar-refractivity contribution in [2.24, 2.45) is 5.92 Å². The number of rotatable bonds is 3. The highest BCUT2D eigenvalue weighted by molar-refractivity contribution is 7.11. The largest absolute Gasteiger partial charge is 0.323 e. The van der Waals surface area contributed by atoms with Crippen LogP contribution >= 0.6 is 11.3 Å². The maximum absolute atomic E-state index is 3.00. The fourth-order valence-electron chi connectivity index (χ4n) is 1.20. The zero-order valence-corrected chi connectivity index (χ0v) is 13.2. The molecule has 0 saturated carbocycles. The fraction of sp³-hybridized carbons (Fsp3) is 0.375. The van der Waals surface area contributed by atoms with Crippen LogP contribution in [0.2, 0.25) is 0 Å². The summed E-state index contributed by atoms with van der Waals surface area (Å²) in [6.45, 7) is 12.5. The van der Waals surface area contributed by atoms with Gasteiger partial charge in [-0.25, -0.2) is 0 Å². The Bertz CT molecular complexity index is 321. The van der Waals surface area contributed by atoms with Crippen LogP contribution in [-0.2, 0) is 0 Å². The summed E-state index contributed by atoms with van der Waals surface area (Å²) in [5.74, 6) is 0.592. The summed E-state index contributed by atoms with van der Waals surface area (Å²) in [6.07, 6.45) is 6.38. The topological polar surface area (TPSA) is 12.0 Å². The number of nitrogens with one attached hydrogen (secondary N) is 1. The Balaban J connectivity index is 0. The van der Waals surface area contributed by atoms with Crippen LogP contribution in [0.4, 0.5) is 0 Å². The van der Waals surface area contributed by atoms with Crippen molar-refractivity contribution >= 4 is 16.9 Å². The Hall–Kier alpha value is -1.12. The first-order chi connectivity index (χ1) is 8.67. The highest BCUT2D eigenvalue weighted by Gasteiger charge is 2.05. The quantitative estimate of drug-likeness (QED) is 0.599. The van der Waals surface area contributed by atoms with Crippen molar-refractivity contribution in [3.63, 3.8) is 0 Å². The van der Waals surface area contributed by atoms with Crippen LogP contribution < -0.4 is 5.32 Å². The van der Waals surface area contributed by atoms with Crippen LogP contribution in [0.1, 0.15) is 25.6 Å². The fourth-order valence-corrected chi connectivity index (χ4v) is 2.10. The molecule has 0 aliphatic carbocycles. The third-order valence-electron chi connectivity index (χ3n) is 1.90. The molecular weight excluding hydrogens is 238 g/mol. The molecule has 0 spiro atoms. The zero-order chi connectivity index (χ0) is 14.4. The standard InChI is InChI=1S/C12H16S.C2H7N.C2H4/c1-4-5-7-11(10(2)3)12-8-6-9-13-12;1-3-2;1-2/h4-10H,1-3H3;3H,1-2H3;1-2H2/b5-4-,11-7+;;. The lowest BCUT2D eigenvalue weighted by molar-refractivity contribution is 0.858. The number of hydrogen-bond donors (Lipinski definition) is 1. The molecule has 0 unspecified atom stereocenters. The summed E-state index contributed by atoms with van der Waals surface area (Å²) in [5, 5.41) is 4.88. The molecule has 0 aliphatic heterocycles. The maximum Gasteiger partial charge on any atom is 0.0304 e. The van der Waals surface area contributed by atoms with Crippen LogP contribution in [-0.4, -0.2) is 14.1 Å². The lowest BCUT2D eigenvalue weighted by atomic mass is 10.0. The van der Waals surface area contributed by atoms with Gasteiger partial charge in [-0.2, -0.15) is 0 Å². The Kier molecular flexibility index (Phi) is 14.9. The molecule has 1 aromatic rings. The monoisotopic (exact) mass is 265 g/mol. The molecule has 0 amide bonds. The molecule has 0 aliphatic rings. The molecule has 1 heterocycles. The summed E-state index contributed by atoms with van der Waals surface area (Å²) in [4.78, 5) is 1.38. The normalized spacial score (nSPS) is 10.7. The number of allylic oxidation sites excluding steroid dienone is 4. The molecule has 0 saturated heterocycles. The van der Waals surface area contributed by atoms with Crippen LogP contribution in [0.25, 0.3) is 5.57 Å². The van der Waals surface area contributed by atoms with Crippen molar-refractivity contribution in [1.29, 1.82) is 0 Å². The molecule has 0 aromatic carbocycles. The average molecular weight is 265 g/mol. The maximum atomic E-state index is 3.00. The smallest absolute Gasteiger partial charge is 0.0304 e. The van der Waals surface area contributed by atoms with Gasteiger partial charge in [0.2, 0.25) is 0 Å². The minimum absolute atomic E-state index is 0.592. The van der Waals surface area contributed by atoms with Crippen LogP contribution in [0.5, 0.6) is 0 Å². The van der Waals surface area contributed by atoms with Gasteiger partial charge in [-0.05, 0) is 44.0 Å². The molecule has 1 nitrogen and oxygen atoms in total. The molecular formula is C16H27NS. The predicted octanol–water partition coefficient (Wildman–Crippen LogP) is 5.00. The highest BCUT2D eigenvalue weighted by Crippen LogP contribution is 2.26. The van der Waals surface area contributed by atoms with Gasteiger partial charge in [0.15, 0.2) is 0 Å². The Morgan fingerprint density at radius 2 is 1.89 bits per heavy atom. The molecule has 18 heavy (non-hydrogen) atoms. The predicted molar refractivity (Wildman–Crippen MR) is 88.2 cm³/mol. The molecule has 102 valence electrons. The van der Waals surface area contributed by atoms with Gasteiger partial charge in [0.05, 0.1) is 0 Å². The Morgan fingerprint density at radius 1 is 1.33 bits per heavy atom. The van der Waals surface area contributed by atoms with Gasteiger partial charge in [-0.1, -0.05) is 38.1 Å². The van der Waals surface area contributed by atoms with E-state index in [2.05, 4.69) is 68.1 Å². The van der Waals surface area contributed by atoms with Gasteiger partial charge in [0.25, 0.3) is 0 Å². The number of thiophene rings is 1. The van der Waals surface area contributed by atoms with Crippen molar-refractivity contribution in [3.8, 4) is 0 Å². The van der Waals surface area contributed by atoms with E-state index in [1.165, 1.54) is 10.5 Å². The van der Waals surface area contributed by atoms with Crippen molar-refractivity contribution in [2.45, 2.75) is 20.8 Å². The second kappa shape index (κ2) is 13.9. The second-order valence-corrected chi connectivity index (χ2v) is 4.73. The van der Waals surface area contributed by atoms with Gasteiger partial charge >= 0.3 is 0 Å². The van der Waals surface area contributed by atoms with E-state index >= 15 is 0 Å². The van der Waals surface area contributed by atoms with Crippen molar-refractivity contribution in [3.05, 3.63) is 53.8 Å². The lowest BCUT2D eigenvalue weighted by Crippen LogP contribution is -1.89. The molecule has 0 bridgehead atoms. The van der Waals surface area contributed by atoms with E-state index in [0.717, 1.165) is 0 Å². The van der Waals surface area contributed by atoms with E-state index in [1.54, 1.807) is 0 Å². The Labute approximate surface area is 117 Å². The van der Waals surface area contributed by atoms with Crippen molar-refractivity contribution in [2.75, 3.05) is 14.1 Å². The van der Waals surface area contributed by atoms with Crippen LogP contribution in [0, 0.1) is 5.92 Å². The SMILES string of the molecule is C/C=C\C=C(\c1cccs1)C(C)C.C=C.CNC. The van der Waals surface area contributed by atoms with E-state index < -0.39 is 0 Å². The van der Waals surface area contributed by atoms with Gasteiger partial charge in [-0.15, -0.1) is 24.5 Å². The average Bonchev–Trinajstić information content (AvgIpc) is 2.86. The van der Waals surface area contributed by atoms with E-state index in [0.29, 0.717) is 5.92 Å². The summed E-state index contributed by atoms with van der Waals surface area (Å²) in [5.41, 5.74) is 1.42. The van der Waals surface area contributed by atoms with E-state index in [9.17, 15) is 0 Å². The van der Waals surface area contributed by atoms with Crippen LogP contribution in [0.15, 0.2) is 48.9 Å². The third-order valence-corrected chi connectivity index (χ3v) is 2.81. The Morgan fingerprint density at radius 3 is 2.22 bits per heavy atom. The van der Waals surface area contributed by atoms with Crippen molar-refractivity contribution in [1.82, 2.24) is 5.32 Å². The highest BCUT2D eigenvalue weighted by atomic mass is 32.1. The molecule has 1 N–H and O–H groups in total. The van der Waals surface area contributed by atoms with E-state index in [-0.39, 0.29) is 0 Å². The van der Waals surface area contributed by atoms with Gasteiger partial charge in [-0.3, -0.25) is 0 Å². The second-order valence-electron chi connectivity index (χ2n) is 3.78. The molecule has 0 radical (unpaired) electrons. The zero-order valence-electron chi connectivity index (χ0n) is 12.4. The third kappa shape index (κ3) is 8.97. The van der Waals surface area contributed by atoms with E-state index in [4.69, 9.17) is 0 Å². The molecule has 2 heteroatoms. The first-order valence-corrected chi connectivity index (χ1v) is 7.00. The minimum atomic E-state index is 0.592. The lowest BCUT2D eigenvalue weighted by Gasteiger charge is -2.07. The first kappa shape index (κ1) is 19.2. The first-order valence-electron chi connectivity index (χ1n) is 6.12. The molecule has 1 rings (SSSR count). The minimum Gasteiger partial charge on any atom is -0.323 e. The van der Waals surface area contributed by atoms with Crippen molar-refractivity contribution < 1.29 is 0 Å². The van der Waals surface area contributed by atoms with Gasteiger partial charge in [0.1, 0.15) is 0 Å². The summed E-state index contributed by atoms with van der Waals surface area (Å²) < 4.78 is 0. The van der Waals surface area contributed by atoms with Gasteiger partial charge < -0.3 is 5.32 Å². The summed E-state index contributed by atoms with van der Waals surface area (Å²) in [6, 6.07) is 4.28. The van der Waals surface area contributed by atoms with Crippen LogP contribution in [0.3, 0.4) is 0 Å². The van der Waals surface area contributed by atoms with Gasteiger partial charge in [0, 0.05) is 4.88 Å².